The van der Waals surface area contributed by atoms with Gasteiger partial charge in [-0.15, -0.1) is 0 Å². The lowest BCUT2D eigenvalue weighted by Crippen LogP contribution is -2.50. The number of carbonyl (C=O) groups is 3. The van der Waals surface area contributed by atoms with Gasteiger partial charge in [-0.3, -0.25) is 9.59 Å². The number of esters is 1. The van der Waals surface area contributed by atoms with Crippen LogP contribution < -0.4 is 10.2 Å². The topological polar surface area (TPSA) is 78.9 Å². The van der Waals surface area contributed by atoms with Crippen molar-refractivity contribution < 1.29 is 23.5 Å². The second kappa shape index (κ2) is 10.4. The number of para-hydroxylation sites is 1. The molecule has 1 heterocycles. The third kappa shape index (κ3) is 6.15. The summed E-state index contributed by atoms with van der Waals surface area (Å²) in [4.78, 5) is 39.8. The van der Waals surface area contributed by atoms with E-state index in [1.807, 2.05) is 11.0 Å². The molecule has 0 saturated carbocycles. The minimum atomic E-state index is -0.794. The first-order chi connectivity index (χ1) is 14.9. The molecule has 2 aromatic carbocycles. The summed E-state index contributed by atoms with van der Waals surface area (Å²) in [5.41, 5.74) is 1.17. The van der Waals surface area contributed by atoms with Crippen molar-refractivity contribution in [1.82, 2.24) is 10.2 Å². The van der Waals surface area contributed by atoms with Crippen LogP contribution in [0, 0.1) is 5.82 Å². The molecule has 1 aliphatic rings. The van der Waals surface area contributed by atoms with Crippen LogP contribution in [0.25, 0.3) is 6.08 Å². The van der Waals surface area contributed by atoms with Gasteiger partial charge in [0.15, 0.2) is 6.61 Å². The standard InChI is InChI=1S/C23H24FN3O4/c1-17(28)25-20(15-18-7-3-2-4-8-18)23(30)31-16-22(29)27-13-11-26(12-14-27)21-10-6-5-9-19(21)24/h2-10,15H,11-14,16H2,1H3,(H,25,28)/b20-15+. The largest absolute Gasteiger partial charge is 0.451 e. The Morgan fingerprint density at radius 3 is 2.29 bits per heavy atom. The maximum atomic E-state index is 13.9. The Hall–Kier alpha value is -3.68. The molecule has 3 rings (SSSR count). The Balaban J connectivity index is 1.54. The zero-order valence-corrected chi connectivity index (χ0v) is 17.2. The molecule has 2 aromatic rings. The van der Waals surface area contributed by atoms with Crippen molar-refractivity contribution >= 4 is 29.5 Å². The summed E-state index contributed by atoms with van der Waals surface area (Å²) in [6.07, 6.45) is 1.49. The van der Waals surface area contributed by atoms with E-state index < -0.39 is 18.5 Å². The number of piperazine rings is 1. The Labute approximate surface area is 180 Å². The molecule has 0 atom stereocenters. The van der Waals surface area contributed by atoms with Gasteiger partial charge in [-0.2, -0.15) is 0 Å². The predicted molar refractivity (Wildman–Crippen MR) is 114 cm³/mol. The van der Waals surface area contributed by atoms with Crippen molar-refractivity contribution in [3.63, 3.8) is 0 Å². The van der Waals surface area contributed by atoms with Crippen molar-refractivity contribution in [1.29, 1.82) is 0 Å². The van der Waals surface area contributed by atoms with Gasteiger partial charge in [0, 0.05) is 33.1 Å². The number of anilines is 1. The molecule has 1 saturated heterocycles. The highest BCUT2D eigenvalue weighted by Gasteiger charge is 2.24. The van der Waals surface area contributed by atoms with Crippen LogP contribution in [-0.2, 0) is 19.1 Å². The fourth-order valence-electron chi connectivity index (χ4n) is 3.25. The lowest BCUT2D eigenvalue weighted by Gasteiger charge is -2.36. The zero-order chi connectivity index (χ0) is 22.2. The van der Waals surface area contributed by atoms with Crippen LogP contribution >= 0.6 is 0 Å². The number of benzene rings is 2. The van der Waals surface area contributed by atoms with Crippen molar-refractivity contribution in [3.05, 3.63) is 71.7 Å². The van der Waals surface area contributed by atoms with Gasteiger partial charge in [0.1, 0.15) is 11.5 Å². The molecule has 0 radical (unpaired) electrons. The molecule has 0 unspecified atom stereocenters. The predicted octanol–water partition coefficient (Wildman–Crippen LogP) is 2.19. The first-order valence-corrected chi connectivity index (χ1v) is 9.93. The van der Waals surface area contributed by atoms with E-state index >= 15 is 0 Å². The highest BCUT2D eigenvalue weighted by Crippen LogP contribution is 2.20. The molecule has 8 heteroatoms. The normalized spacial score (nSPS) is 14.2. The summed E-state index contributed by atoms with van der Waals surface area (Å²) >= 11 is 0. The third-order valence-electron chi connectivity index (χ3n) is 4.79. The number of nitrogens with one attached hydrogen (secondary N) is 1. The minimum absolute atomic E-state index is 0.0455. The summed E-state index contributed by atoms with van der Waals surface area (Å²) in [7, 11) is 0. The maximum Gasteiger partial charge on any atom is 0.355 e. The van der Waals surface area contributed by atoms with Crippen LogP contribution in [0.2, 0.25) is 0 Å². The molecular formula is C23H24FN3O4. The first-order valence-electron chi connectivity index (χ1n) is 9.93. The summed E-state index contributed by atoms with van der Waals surface area (Å²) < 4.78 is 19.1. The van der Waals surface area contributed by atoms with Gasteiger partial charge in [0.2, 0.25) is 5.91 Å². The summed E-state index contributed by atoms with van der Waals surface area (Å²) in [6, 6.07) is 15.5. The second-order valence-electron chi connectivity index (χ2n) is 7.05. The van der Waals surface area contributed by atoms with Crippen LogP contribution in [0.3, 0.4) is 0 Å². The molecule has 162 valence electrons. The monoisotopic (exact) mass is 425 g/mol. The number of amides is 2. The van der Waals surface area contributed by atoms with E-state index in [2.05, 4.69) is 5.32 Å². The van der Waals surface area contributed by atoms with Crippen molar-refractivity contribution in [3.8, 4) is 0 Å². The summed E-state index contributed by atoms with van der Waals surface area (Å²) in [6.45, 7) is 2.58. The van der Waals surface area contributed by atoms with Crippen molar-refractivity contribution in [2.24, 2.45) is 0 Å². The average molecular weight is 425 g/mol. The van der Waals surface area contributed by atoms with E-state index in [9.17, 15) is 18.8 Å². The van der Waals surface area contributed by atoms with E-state index in [4.69, 9.17) is 4.74 Å². The molecule has 1 N–H and O–H groups in total. The fourth-order valence-corrected chi connectivity index (χ4v) is 3.25. The number of hydrogen-bond donors (Lipinski definition) is 1. The van der Waals surface area contributed by atoms with Crippen LogP contribution in [0.4, 0.5) is 10.1 Å². The molecule has 31 heavy (non-hydrogen) atoms. The quantitative estimate of drug-likeness (QED) is 0.567. The number of hydrogen-bond acceptors (Lipinski definition) is 5. The maximum absolute atomic E-state index is 13.9. The molecule has 1 aliphatic heterocycles. The molecule has 2 amide bonds. The molecular weight excluding hydrogens is 401 g/mol. The molecule has 0 spiro atoms. The van der Waals surface area contributed by atoms with Gasteiger partial charge in [-0.25, -0.2) is 9.18 Å². The zero-order valence-electron chi connectivity index (χ0n) is 17.2. The number of halogens is 1. The lowest BCUT2D eigenvalue weighted by atomic mass is 10.2. The molecule has 0 aliphatic carbocycles. The second-order valence-corrected chi connectivity index (χ2v) is 7.05. The van der Waals surface area contributed by atoms with Gasteiger partial charge in [-0.05, 0) is 23.8 Å². The number of ether oxygens (including phenoxy) is 1. The fraction of sp³-hybridized carbons (Fsp3) is 0.261. The Morgan fingerprint density at radius 1 is 1.00 bits per heavy atom. The number of nitrogens with zero attached hydrogens (tertiary/aromatic N) is 2. The van der Waals surface area contributed by atoms with Crippen LogP contribution in [0.1, 0.15) is 12.5 Å². The van der Waals surface area contributed by atoms with Gasteiger partial charge in [0.05, 0.1) is 5.69 Å². The summed E-state index contributed by atoms with van der Waals surface area (Å²) in [5.74, 6) is -1.86. The third-order valence-corrected chi connectivity index (χ3v) is 4.79. The molecule has 0 aromatic heterocycles. The Morgan fingerprint density at radius 2 is 1.65 bits per heavy atom. The molecule has 7 nitrogen and oxygen atoms in total. The lowest BCUT2D eigenvalue weighted by molar-refractivity contribution is -0.149. The average Bonchev–Trinajstić information content (AvgIpc) is 2.77. The van der Waals surface area contributed by atoms with Gasteiger partial charge in [0.25, 0.3) is 5.91 Å². The van der Waals surface area contributed by atoms with E-state index in [0.717, 1.165) is 0 Å². The van der Waals surface area contributed by atoms with Crippen LogP contribution in [-0.4, -0.2) is 55.5 Å². The van der Waals surface area contributed by atoms with Gasteiger partial charge in [-0.1, -0.05) is 42.5 Å². The SMILES string of the molecule is CC(=O)N/C(=C/c1ccccc1)C(=O)OCC(=O)N1CCN(c2ccccc2F)CC1. The van der Waals surface area contributed by atoms with Gasteiger partial charge >= 0.3 is 5.97 Å². The van der Waals surface area contributed by atoms with Gasteiger partial charge < -0.3 is 19.9 Å². The Bertz CT molecular complexity index is 970. The van der Waals surface area contributed by atoms with Crippen molar-refractivity contribution in [2.75, 3.05) is 37.7 Å². The van der Waals surface area contributed by atoms with Crippen LogP contribution in [0.15, 0.2) is 60.3 Å². The molecule has 0 bridgehead atoms. The van der Waals surface area contributed by atoms with Crippen molar-refractivity contribution in [2.45, 2.75) is 6.92 Å². The van der Waals surface area contributed by atoms with E-state index in [1.165, 1.54) is 19.1 Å². The highest BCUT2D eigenvalue weighted by molar-refractivity contribution is 5.98. The minimum Gasteiger partial charge on any atom is -0.451 e. The van der Waals surface area contributed by atoms with E-state index in [1.54, 1.807) is 47.4 Å². The molecule has 1 fully saturated rings. The Kier molecular flexibility index (Phi) is 7.37. The number of rotatable bonds is 6. The smallest absolute Gasteiger partial charge is 0.355 e. The van der Waals surface area contributed by atoms with E-state index in [0.29, 0.717) is 37.4 Å². The first kappa shape index (κ1) is 22.0. The number of carbonyl (C=O) groups excluding carboxylic acids is 3. The van der Waals surface area contributed by atoms with Crippen LogP contribution in [0.5, 0.6) is 0 Å². The van der Waals surface area contributed by atoms with E-state index in [-0.39, 0.29) is 17.4 Å². The summed E-state index contributed by atoms with van der Waals surface area (Å²) in [5, 5.41) is 2.44. The highest BCUT2D eigenvalue weighted by atomic mass is 19.1.